The summed E-state index contributed by atoms with van der Waals surface area (Å²) in [5.41, 5.74) is 0.207. The Morgan fingerprint density at radius 3 is 2.56 bits per heavy atom. The fraction of sp³-hybridized carbons (Fsp3) is 0.857. The molecule has 1 saturated heterocycles. The third kappa shape index (κ3) is 2.68. The van der Waals surface area contributed by atoms with E-state index in [0.29, 0.717) is 6.42 Å². The molecule has 1 heterocycles. The van der Waals surface area contributed by atoms with Gasteiger partial charge >= 0.3 is 0 Å². The maximum Gasteiger partial charge on any atom is 0.243 e. The van der Waals surface area contributed by atoms with Crippen molar-refractivity contribution in [2.24, 2.45) is 5.41 Å². The van der Waals surface area contributed by atoms with Crippen molar-refractivity contribution >= 4 is 11.8 Å². The smallest absolute Gasteiger partial charge is 0.243 e. The number of nitrogens with zero attached hydrogens (tertiary/aromatic N) is 1. The number of nitrogens with one attached hydrogen (secondary N) is 1. The minimum Gasteiger partial charge on any atom is -0.345 e. The molecule has 0 spiro atoms. The lowest BCUT2D eigenvalue weighted by Crippen LogP contribution is -2.60. The maximum atomic E-state index is 12.0. The number of carbonyl (C=O) groups is 2. The average molecular weight is 252 g/mol. The van der Waals surface area contributed by atoms with Gasteiger partial charge in [-0.2, -0.15) is 0 Å². The van der Waals surface area contributed by atoms with Crippen LogP contribution in [-0.2, 0) is 9.59 Å². The van der Waals surface area contributed by atoms with Gasteiger partial charge in [-0.15, -0.1) is 0 Å². The predicted octanol–water partition coefficient (Wildman–Crippen LogP) is 1.69. The van der Waals surface area contributed by atoms with Crippen LogP contribution in [0, 0.1) is 5.41 Å². The summed E-state index contributed by atoms with van der Waals surface area (Å²) in [6, 6.07) is -0.259. The zero-order chi connectivity index (χ0) is 13.2. The normalized spacial score (nSPS) is 28.1. The van der Waals surface area contributed by atoms with Gasteiger partial charge in [0.05, 0.1) is 6.54 Å². The minimum atomic E-state index is -0.259. The van der Waals surface area contributed by atoms with E-state index in [1.165, 1.54) is 32.1 Å². The third-order valence-electron chi connectivity index (χ3n) is 4.41. The van der Waals surface area contributed by atoms with Crippen molar-refractivity contribution in [1.29, 1.82) is 0 Å². The molecule has 2 aliphatic rings. The summed E-state index contributed by atoms with van der Waals surface area (Å²) < 4.78 is 0. The molecular formula is C14H24N2O2. The van der Waals surface area contributed by atoms with Gasteiger partial charge in [0, 0.05) is 6.54 Å². The van der Waals surface area contributed by atoms with Crippen LogP contribution < -0.4 is 5.32 Å². The zero-order valence-corrected chi connectivity index (χ0v) is 11.5. The molecule has 1 N–H and O–H groups in total. The molecule has 18 heavy (non-hydrogen) atoms. The number of hydrogen-bond acceptors (Lipinski definition) is 2. The van der Waals surface area contributed by atoms with Gasteiger partial charge in [0.25, 0.3) is 0 Å². The highest BCUT2D eigenvalue weighted by Crippen LogP contribution is 2.37. The fourth-order valence-electron chi connectivity index (χ4n) is 3.28. The highest BCUT2D eigenvalue weighted by molar-refractivity contribution is 5.94. The summed E-state index contributed by atoms with van der Waals surface area (Å²) in [6.45, 7) is 5.15. The zero-order valence-electron chi connectivity index (χ0n) is 11.5. The van der Waals surface area contributed by atoms with E-state index >= 15 is 0 Å². The highest BCUT2D eigenvalue weighted by Gasteiger charge is 2.38. The second kappa shape index (κ2) is 5.29. The second-order valence-electron chi connectivity index (χ2n) is 6.03. The van der Waals surface area contributed by atoms with E-state index in [4.69, 9.17) is 0 Å². The maximum absolute atomic E-state index is 12.0. The predicted molar refractivity (Wildman–Crippen MR) is 70.0 cm³/mol. The molecule has 1 saturated carbocycles. The van der Waals surface area contributed by atoms with Crippen LogP contribution in [0.5, 0.6) is 0 Å². The van der Waals surface area contributed by atoms with E-state index in [9.17, 15) is 9.59 Å². The molecule has 1 aliphatic carbocycles. The Morgan fingerprint density at radius 2 is 1.94 bits per heavy atom. The lowest BCUT2D eigenvalue weighted by atomic mass is 9.75. The first-order chi connectivity index (χ1) is 8.56. The van der Waals surface area contributed by atoms with Gasteiger partial charge in [-0.3, -0.25) is 9.59 Å². The number of piperazine rings is 1. The van der Waals surface area contributed by atoms with Crippen LogP contribution in [0.3, 0.4) is 0 Å². The van der Waals surface area contributed by atoms with Gasteiger partial charge in [0.15, 0.2) is 0 Å². The second-order valence-corrected chi connectivity index (χ2v) is 6.03. The summed E-state index contributed by atoms with van der Waals surface area (Å²) in [5, 5.41) is 2.68. The molecule has 2 fully saturated rings. The molecule has 0 radical (unpaired) electrons. The van der Waals surface area contributed by atoms with Crippen LogP contribution in [0.25, 0.3) is 0 Å². The van der Waals surface area contributed by atoms with Gasteiger partial charge < -0.3 is 10.2 Å². The summed E-state index contributed by atoms with van der Waals surface area (Å²) in [4.78, 5) is 25.7. The molecule has 1 unspecified atom stereocenters. The van der Waals surface area contributed by atoms with Crippen molar-refractivity contribution in [3.63, 3.8) is 0 Å². The van der Waals surface area contributed by atoms with E-state index in [0.717, 1.165) is 6.54 Å². The molecule has 4 nitrogen and oxygen atoms in total. The first kappa shape index (κ1) is 13.4. The van der Waals surface area contributed by atoms with Gasteiger partial charge in [-0.25, -0.2) is 0 Å². The third-order valence-corrected chi connectivity index (χ3v) is 4.41. The number of rotatable bonds is 3. The van der Waals surface area contributed by atoms with E-state index in [2.05, 4.69) is 12.2 Å². The largest absolute Gasteiger partial charge is 0.345 e. The lowest BCUT2D eigenvalue weighted by molar-refractivity contribution is -0.147. The fourth-order valence-corrected chi connectivity index (χ4v) is 3.28. The van der Waals surface area contributed by atoms with Crippen LogP contribution >= 0.6 is 0 Å². The lowest BCUT2D eigenvalue weighted by Gasteiger charge is -2.42. The molecule has 0 aromatic heterocycles. The molecular weight excluding hydrogens is 228 g/mol. The molecule has 0 aromatic rings. The number of amides is 2. The summed E-state index contributed by atoms with van der Waals surface area (Å²) in [5.74, 6) is 0.0877. The van der Waals surface area contributed by atoms with Gasteiger partial charge in [0.1, 0.15) is 6.04 Å². The van der Waals surface area contributed by atoms with Crippen LogP contribution in [0.2, 0.25) is 0 Å². The molecule has 1 aliphatic heterocycles. The SMILES string of the molecule is CCC1C(=O)NCC(=O)N1CC1(C)CCCCC1. The molecule has 2 rings (SSSR count). The van der Waals surface area contributed by atoms with Crippen LogP contribution in [0.1, 0.15) is 52.4 Å². The van der Waals surface area contributed by atoms with Gasteiger partial charge in [0.2, 0.25) is 11.8 Å². The topological polar surface area (TPSA) is 49.4 Å². The number of hydrogen-bond donors (Lipinski definition) is 1. The Kier molecular flexibility index (Phi) is 3.93. The Morgan fingerprint density at radius 1 is 1.28 bits per heavy atom. The molecule has 2 amide bonds. The number of carbonyl (C=O) groups excluding carboxylic acids is 2. The van der Waals surface area contributed by atoms with Crippen LogP contribution in [0.15, 0.2) is 0 Å². The quantitative estimate of drug-likeness (QED) is 0.831. The standard InChI is InChI=1S/C14H24N2O2/c1-3-11-13(18)15-9-12(17)16(11)10-14(2)7-5-4-6-8-14/h11H,3-10H2,1-2H3,(H,15,18). The Labute approximate surface area is 109 Å². The summed E-state index contributed by atoms with van der Waals surface area (Å²) in [6.07, 6.45) is 6.86. The molecule has 1 atom stereocenters. The van der Waals surface area contributed by atoms with Gasteiger partial charge in [-0.05, 0) is 24.7 Å². The Bertz CT molecular complexity index is 335. The van der Waals surface area contributed by atoms with Crippen molar-refractivity contribution in [2.45, 2.75) is 58.4 Å². The van der Waals surface area contributed by atoms with E-state index in [1.54, 1.807) is 0 Å². The minimum absolute atomic E-state index is 0.0107. The van der Waals surface area contributed by atoms with Crippen molar-refractivity contribution < 1.29 is 9.59 Å². The van der Waals surface area contributed by atoms with Crippen LogP contribution in [-0.4, -0.2) is 35.8 Å². The first-order valence-electron chi connectivity index (χ1n) is 7.13. The molecule has 4 heteroatoms. The van der Waals surface area contributed by atoms with E-state index < -0.39 is 0 Å². The van der Waals surface area contributed by atoms with E-state index in [1.807, 2.05) is 11.8 Å². The average Bonchev–Trinajstić information content (AvgIpc) is 2.35. The highest BCUT2D eigenvalue weighted by atomic mass is 16.2. The van der Waals surface area contributed by atoms with Crippen molar-refractivity contribution in [3.05, 3.63) is 0 Å². The molecule has 0 bridgehead atoms. The monoisotopic (exact) mass is 252 g/mol. The Balaban J connectivity index is 2.08. The van der Waals surface area contributed by atoms with Crippen molar-refractivity contribution in [3.8, 4) is 0 Å². The van der Waals surface area contributed by atoms with Crippen molar-refractivity contribution in [1.82, 2.24) is 10.2 Å². The summed E-state index contributed by atoms with van der Waals surface area (Å²) >= 11 is 0. The van der Waals surface area contributed by atoms with Crippen molar-refractivity contribution in [2.75, 3.05) is 13.1 Å². The van der Waals surface area contributed by atoms with Crippen LogP contribution in [0.4, 0.5) is 0 Å². The first-order valence-corrected chi connectivity index (χ1v) is 7.13. The van der Waals surface area contributed by atoms with Gasteiger partial charge in [-0.1, -0.05) is 33.1 Å². The summed E-state index contributed by atoms with van der Waals surface area (Å²) in [7, 11) is 0. The molecule has 102 valence electrons. The molecule has 0 aromatic carbocycles. The van der Waals surface area contributed by atoms with E-state index in [-0.39, 0.29) is 29.8 Å². The Hall–Kier alpha value is -1.06.